The summed E-state index contributed by atoms with van der Waals surface area (Å²) in [5.41, 5.74) is 0.586. The molecule has 0 spiro atoms. The van der Waals surface area contributed by atoms with E-state index in [1.807, 2.05) is 0 Å². The first-order valence-corrected chi connectivity index (χ1v) is 6.27. The number of carbonyl (C=O) groups excluding carboxylic acids is 1. The number of alkyl halides is 2. The molecular weight excluding hydrogens is 288 g/mol. The van der Waals surface area contributed by atoms with Gasteiger partial charge in [0, 0.05) is 11.3 Å². The summed E-state index contributed by atoms with van der Waals surface area (Å²) >= 11 is 0. The molecule has 2 rings (SSSR count). The van der Waals surface area contributed by atoms with Crippen LogP contribution in [0.5, 0.6) is 5.75 Å². The molecule has 1 fully saturated rings. The van der Waals surface area contributed by atoms with Crippen LogP contribution in [0, 0.1) is 16.0 Å². The van der Waals surface area contributed by atoms with Crippen LogP contribution in [0.4, 0.5) is 8.78 Å². The van der Waals surface area contributed by atoms with Crippen molar-refractivity contribution in [2.45, 2.75) is 32.1 Å². The second-order valence-corrected chi connectivity index (χ2v) is 4.72. The number of rotatable bonds is 6. The van der Waals surface area contributed by atoms with E-state index in [1.54, 1.807) is 6.92 Å². The number of halogens is 2. The molecule has 21 heavy (non-hydrogen) atoms. The minimum atomic E-state index is -2.90. The molecule has 1 saturated carbocycles. The third-order valence-corrected chi connectivity index (χ3v) is 3.20. The lowest BCUT2D eigenvalue weighted by Crippen LogP contribution is -2.15. The number of ether oxygens (including phenoxy) is 2. The predicted molar refractivity (Wildman–Crippen MR) is 66.5 cm³/mol. The molecule has 3 atom stereocenters. The molecule has 0 bridgehead atoms. The van der Waals surface area contributed by atoms with Crippen molar-refractivity contribution in [1.82, 2.24) is 0 Å². The molecular formula is C13H13F2NO5. The van der Waals surface area contributed by atoms with E-state index in [0.29, 0.717) is 5.56 Å². The SMILES string of the molecule is CC(OC(=O)C1CC1[N+](=O)[O-])c1ccc(OC(F)F)cc1. The highest BCUT2D eigenvalue weighted by molar-refractivity contribution is 5.76. The highest BCUT2D eigenvalue weighted by Gasteiger charge is 2.54. The number of hydrogen-bond donors (Lipinski definition) is 0. The lowest BCUT2D eigenvalue weighted by molar-refractivity contribution is -0.497. The maximum Gasteiger partial charge on any atom is 0.387 e. The summed E-state index contributed by atoms with van der Waals surface area (Å²) in [6.07, 6.45) is -0.425. The quantitative estimate of drug-likeness (QED) is 0.458. The molecule has 1 aromatic rings. The Morgan fingerprint density at radius 2 is 2.00 bits per heavy atom. The predicted octanol–water partition coefficient (Wildman–Crippen LogP) is 2.56. The maximum absolute atomic E-state index is 12.0. The maximum atomic E-state index is 12.0. The van der Waals surface area contributed by atoms with Gasteiger partial charge in [0.1, 0.15) is 17.8 Å². The van der Waals surface area contributed by atoms with Gasteiger partial charge in [-0.15, -0.1) is 0 Å². The zero-order valence-electron chi connectivity index (χ0n) is 11.1. The zero-order valence-corrected chi connectivity index (χ0v) is 11.1. The number of nitrogens with zero attached hydrogens (tertiary/aromatic N) is 1. The van der Waals surface area contributed by atoms with Gasteiger partial charge in [-0.25, -0.2) is 0 Å². The number of hydrogen-bond acceptors (Lipinski definition) is 5. The smallest absolute Gasteiger partial charge is 0.387 e. The summed E-state index contributed by atoms with van der Waals surface area (Å²) in [5, 5.41) is 10.5. The lowest BCUT2D eigenvalue weighted by Gasteiger charge is -2.13. The van der Waals surface area contributed by atoms with Crippen LogP contribution in [0.15, 0.2) is 24.3 Å². The fourth-order valence-corrected chi connectivity index (χ4v) is 1.92. The Hall–Kier alpha value is -2.25. The van der Waals surface area contributed by atoms with Crippen molar-refractivity contribution in [3.05, 3.63) is 39.9 Å². The van der Waals surface area contributed by atoms with Gasteiger partial charge in [-0.1, -0.05) is 12.1 Å². The Labute approximate surface area is 118 Å². The molecule has 1 aliphatic rings. The van der Waals surface area contributed by atoms with E-state index in [2.05, 4.69) is 4.74 Å². The average molecular weight is 301 g/mol. The van der Waals surface area contributed by atoms with Crippen molar-refractivity contribution in [3.8, 4) is 5.75 Å². The van der Waals surface area contributed by atoms with Gasteiger partial charge in [0.05, 0.1) is 0 Å². The summed E-state index contributed by atoms with van der Waals surface area (Å²) in [7, 11) is 0. The Balaban J connectivity index is 1.90. The molecule has 0 radical (unpaired) electrons. The molecule has 6 nitrogen and oxygen atoms in total. The topological polar surface area (TPSA) is 78.7 Å². The van der Waals surface area contributed by atoms with E-state index < -0.39 is 35.6 Å². The van der Waals surface area contributed by atoms with Gasteiger partial charge >= 0.3 is 12.6 Å². The molecule has 3 unspecified atom stereocenters. The van der Waals surface area contributed by atoms with Crippen LogP contribution in [0.25, 0.3) is 0 Å². The molecule has 114 valence electrons. The number of nitro groups is 1. The largest absolute Gasteiger partial charge is 0.457 e. The van der Waals surface area contributed by atoms with E-state index in [9.17, 15) is 23.7 Å². The molecule has 0 heterocycles. The van der Waals surface area contributed by atoms with Gasteiger partial charge < -0.3 is 9.47 Å². The molecule has 0 aromatic heterocycles. The van der Waals surface area contributed by atoms with Crippen molar-refractivity contribution in [2.24, 2.45) is 5.92 Å². The second-order valence-electron chi connectivity index (χ2n) is 4.72. The number of carbonyl (C=O) groups is 1. The van der Waals surface area contributed by atoms with E-state index in [1.165, 1.54) is 24.3 Å². The van der Waals surface area contributed by atoms with Crippen molar-refractivity contribution in [3.63, 3.8) is 0 Å². The normalized spacial score (nSPS) is 21.7. The lowest BCUT2D eigenvalue weighted by atomic mass is 10.1. The Bertz CT molecular complexity index is 534. The van der Waals surface area contributed by atoms with Crippen molar-refractivity contribution >= 4 is 5.97 Å². The Morgan fingerprint density at radius 1 is 1.38 bits per heavy atom. The van der Waals surface area contributed by atoms with Crippen LogP contribution in [0.3, 0.4) is 0 Å². The molecule has 0 amide bonds. The fraction of sp³-hybridized carbons (Fsp3) is 0.462. The van der Waals surface area contributed by atoms with Crippen LogP contribution in [0.2, 0.25) is 0 Å². The number of esters is 1. The first kappa shape index (κ1) is 15.1. The molecule has 1 aliphatic carbocycles. The third kappa shape index (κ3) is 3.87. The molecule has 0 saturated heterocycles. The van der Waals surface area contributed by atoms with Gasteiger partial charge in [-0.3, -0.25) is 14.9 Å². The van der Waals surface area contributed by atoms with Gasteiger partial charge in [0.2, 0.25) is 6.04 Å². The molecule has 1 aromatic carbocycles. The summed E-state index contributed by atoms with van der Waals surface area (Å²) < 4.78 is 33.3. The summed E-state index contributed by atoms with van der Waals surface area (Å²) in [5.74, 6) is -1.30. The summed E-state index contributed by atoms with van der Waals surface area (Å²) in [6, 6.07) is 4.80. The van der Waals surface area contributed by atoms with Crippen LogP contribution < -0.4 is 4.74 Å². The average Bonchev–Trinajstić information content (AvgIpc) is 3.19. The van der Waals surface area contributed by atoms with Crippen LogP contribution >= 0.6 is 0 Å². The first-order chi connectivity index (χ1) is 9.88. The zero-order chi connectivity index (χ0) is 15.6. The van der Waals surface area contributed by atoms with Gasteiger partial charge in [0.15, 0.2) is 0 Å². The molecule has 0 aliphatic heterocycles. The van der Waals surface area contributed by atoms with Crippen LogP contribution in [-0.4, -0.2) is 23.5 Å². The van der Waals surface area contributed by atoms with E-state index in [4.69, 9.17) is 4.74 Å². The van der Waals surface area contributed by atoms with E-state index in [0.717, 1.165) is 0 Å². The highest BCUT2D eigenvalue weighted by Crippen LogP contribution is 2.35. The van der Waals surface area contributed by atoms with Crippen molar-refractivity contribution < 1.29 is 28.0 Å². The minimum absolute atomic E-state index is 0.00267. The minimum Gasteiger partial charge on any atom is -0.457 e. The van der Waals surface area contributed by atoms with E-state index in [-0.39, 0.29) is 12.2 Å². The monoisotopic (exact) mass is 301 g/mol. The van der Waals surface area contributed by atoms with Crippen LogP contribution in [-0.2, 0) is 9.53 Å². The third-order valence-electron chi connectivity index (χ3n) is 3.20. The standard InChI is InChI=1S/C13H13F2NO5/c1-7(20-12(17)10-6-11(10)16(18)19)8-2-4-9(5-3-8)21-13(14)15/h2-5,7,10-11,13H,6H2,1H3. The van der Waals surface area contributed by atoms with E-state index >= 15 is 0 Å². The number of benzene rings is 1. The van der Waals surface area contributed by atoms with Crippen molar-refractivity contribution in [2.75, 3.05) is 0 Å². The van der Waals surface area contributed by atoms with Gasteiger partial charge in [-0.05, 0) is 24.6 Å². The van der Waals surface area contributed by atoms with Gasteiger partial charge in [0.25, 0.3) is 0 Å². The van der Waals surface area contributed by atoms with Crippen molar-refractivity contribution in [1.29, 1.82) is 0 Å². The first-order valence-electron chi connectivity index (χ1n) is 6.27. The summed E-state index contributed by atoms with van der Waals surface area (Å²) in [4.78, 5) is 21.7. The highest BCUT2D eigenvalue weighted by atomic mass is 19.3. The molecule has 0 N–H and O–H groups in total. The molecule has 8 heteroatoms. The van der Waals surface area contributed by atoms with Gasteiger partial charge in [-0.2, -0.15) is 8.78 Å². The fourth-order valence-electron chi connectivity index (χ4n) is 1.92. The summed E-state index contributed by atoms with van der Waals surface area (Å²) in [6.45, 7) is -1.30. The second kappa shape index (κ2) is 6.02. The Kier molecular flexibility index (Phi) is 4.35. The Morgan fingerprint density at radius 3 is 2.48 bits per heavy atom. The van der Waals surface area contributed by atoms with Crippen LogP contribution in [0.1, 0.15) is 25.0 Å².